The van der Waals surface area contributed by atoms with Crippen molar-refractivity contribution in [2.24, 2.45) is 0 Å². The number of ether oxygens (including phenoxy) is 2. The van der Waals surface area contributed by atoms with Gasteiger partial charge in [-0.2, -0.15) is 5.10 Å². The molecular formula is C27H23N3O4. The summed E-state index contributed by atoms with van der Waals surface area (Å²) in [7, 11) is 1.35. The van der Waals surface area contributed by atoms with Crippen molar-refractivity contribution in [3.63, 3.8) is 0 Å². The molecule has 1 N–H and O–H groups in total. The molecular weight excluding hydrogens is 430 g/mol. The van der Waals surface area contributed by atoms with E-state index >= 15 is 0 Å². The lowest BCUT2D eigenvalue weighted by Crippen LogP contribution is -2.29. The van der Waals surface area contributed by atoms with Gasteiger partial charge in [-0.05, 0) is 48.9 Å². The zero-order chi connectivity index (χ0) is 23.7. The van der Waals surface area contributed by atoms with Crippen molar-refractivity contribution < 1.29 is 19.1 Å². The molecule has 0 bridgehead atoms. The summed E-state index contributed by atoms with van der Waals surface area (Å²) in [6.45, 7) is 2.49. The topological polar surface area (TPSA) is 84.5 Å². The lowest BCUT2D eigenvalue weighted by molar-refractivity contribution is 0.0600. The Balaban J connectivity index is 1.64. The summed E-state index contributed by atoms with van der Waals surface area (Å²) in [4.78, 5) is 27.3. The van der Waals surface area contributed by atoms with Crippen LogP contribution in [0.15, 0.2) is 78.9 Å². The number of methoxy groups -OCH3 is 1. The molecule has 2 heterocycles. The van der Waals surface area contributed by atoms with Gasteiger partial charge in [0, 0.05) is 16.8 Å². The predicted molar refractivity (Wildman–Crippen MR) is 128 cm³/mol. The SMILES string of the molecule is CCOc1ccc(N2C(=O)c3[nH]nc(-c4ccccc4)c3[C@@H]2c2ccc(C(=O)OC)cc2)cc1. The molecule has 0 fully saturated rings. The van der Waals surface area contributed by atoms with Gasteiger partial charge >= 0.3 is 5.97 Å². The summed E-state index contributed by atoms with van der Waals surface area (Å²) in [6, 6.07) is 23.9. The second-order valence-electron chi connectivity index (χ2n) is 7.85. The van der Waals surface area contributed by atoms with E-state index in [4.69, 9.17) is 9.47 Å². The highest BCUT2D eigenvalue weighted by atomic mass is 16.5. The van der Waals surface area contributed by atoms with Gasteiger partial charge < -0.3 is 9.47 Å². The first-order valence-corrected chi connectivity index (χ1v) is 11.0. The van der Waals surface area contributed by atoms with Crippen molar-refractivity contribution in [1.29, 1.82) is 0 Å². The fourth-order valence-corrected chi connectivity index (χ4v) is 4.33. The lowest BCUT2D eigenvalue weighted by Gasteiger charge is -2.27. The van der Waals surface area contributed by atoms with Crippen molar-refractivity contribution in [3.05, 3.63) is 101 Å². The second-order valence-corrected chi connectivity index (χ2v) is 7.85. The molecule has 170 valence electrons. The van der Waals surface area contributed by atoms with E-state index in [-0.39, 0.29) is 5.91 Å². The minimum Gasteiger partial charge on any atom is -0.494 e. The number of nitrogens with zero attached hydrogens (tertiary/aromatic N) is 2. The number of carbonyl (C=O) groups excluding carboxylic acids is 2. The van der Waals surface area contributed by atoms with Crippen LogP contribution >= 0.6 is 0 Å². The van der Waals surface area contributed by atoms with E-state index in [1.165, 1.54) is 7.11 Å². The first-order chi connectivity index (χ1) is 16.6. The number of hydrogen-bond donors (Lipinski definition) is 1. The molecule has 5 rings (SSSR count). The van der Waals surface area contributed by atoms with E-state index in [1.54, 1.807) is 17.0 Å². The van der Waals surface area contributed by atoms with Crippen molar-refractivity contribution in [2.45, 2.75) is 13.0 Å². The summed E-state index contributed by atoms with van der Waals surface area (Å²) in [5.74, 6) is 0.157. The number of carbonyl (C=O) groups is 2. The highest BCUT2D eigenvalue weighted by Crippen LogP contribution is 2.45. The molecule has 1 aliphatic heterocycles. The molecule has 1 atom stereocenters. The molecule has 1 aliphatic rings. The first kappa shape index (κ1) is 21.5. The van der Waals surface area contributed by atoms with Crippen LogP contribution in [0.1, 0.15) is 44.9 Å². The van der Waals surface area contributed by atoms with Crippen molar-refractivity contribution in [2.75, 3.05) is 18.6 Å². The first-order valence-electron chi connectivity index (χ1n) is 11.0. The van der Waals surface area contributed by atoms with Crippen molar-refractivity contribution in [3.8, 4) is 17.0 Å². The van der Waals surface area contributed by atoms with Crippen LogP contribution in [0.5, 0.6) is 5.75 Å². The molecule has 34 heavy (non-hydrogen) atoms. The average Bonchev–Trinajstić information content (AvgIpc) is 3.44. The van der Waals surface area contributed by atoms with Gasteiger partial charge in [0.15, 0.2) is 0 Å². The normalized spacial score (nSPS) is 14.7. The largest absolute Gasteiger partial charge is 0.494 e. The van der Waals surface area contributed by atoms with Crippen LogP contribution in [0, 0.1) is 0 Å². The lowest BCUT2D eigenvalue weighted by atomic mass is 9.95. The van der Waals surface area contributed by atoms with Crippen LogP contribution in [-0.4, -0.2) is 35.8 Å². The number of H-pyrrole nitrogens is 1. The molecule has 1 amide bonds. The summed E-state index contributed by atoms with van der Waals surface area (Å²) in [5, 5.41) is 7.46. The molecule has 0 saturated heterocycles. The number of anilines is 1. The van der Waals surface area contributed by atoms with Gasteiger partial charge in [0.05, 0.1) is 31.0 Å². The van der Waals surface area contributed by atoms with E-state index in [0.717, 1.165) is 33.8 Å². The molecule has 1 aromatic heterocycles. The summed E-state index contributed by atoms with van der Waals surface area (Å²) < 4.78 is 10.4. The van der Waals surface area contributed by atoms with Gasteiger partial charge in [-0.25, -0.2) is 4.79 Å². The maximum atomic E-state index is 13.6. The van der Waals surface area contributed by atoms with Gasteiger partial charge in [0.2, 0.25) is 0 Å². The van der Waals surface area contributed by atoms with Crippen molar-refractivity contribution >= 4 is 17.6 Å². The Morgan fingerprint density at radius 2 is 1.71 bits per heavy atom. The molecule has 0 saturated carbocycles. The average molecular weight is 453 g/mol. The number of aromatic amines is 1. The molecule has 0 aliphatic carbocycles. The van der Waals surface area contributed by atoms with Crippen LogP contribution in [0.25, 0.3) is 11.3 Å². The molecule has 3 aromatic carbocycles. The van der Waals surface area contributed by atoms with Gasteiger partial charge in [0.25, 0.3) is 5.91 Å². The quantitative estimate of drug-likeness (QED) is 0.415. The van der Waals surface area contributed by atoms with Gasteiger partial charge in [-0.15, -0.1) is 0 Å². The summed E-state index contributed by atoms with van der Waals surface area (Å²) >= 11 is 0. The molecule has 0 unspecified atom stereocenters. The van der Waals surface area contributed by atoms with Gasteiger partial charge in [-0.3, -0.25) is 14.8 Å². The number of nitrogens with one attached hydrogen (secondary N) is 1. The van der Waals surface area contributed by atoms with Crippen LogP contribution < -0.4 is 9.64 Å². The van der Waals surface area contributed by atoms with E-state index < -0.39 is 12.0 Å². The zero-order valence-corrected chi connectivity index (χ0v) is 18.8. The van der Waals surface area contributed by atoms with E-state index in [2.05, 4.69) is 10.2 Å². The Hall–Kier alpha value is -4.39. The number of hydrogen-bond acceptors (Lipinski definition) is 5. The monoisotopic (exact) mass is 453 g/mol. The van der Waals surface area contributed by atoms with Crippen LogP contribution in [0.3, 0.4) is 0 Å². The number of rotatable bonds is 6. The third-order valence-corrected chi connectivity index (χ3v) is 5.89. The van der Waals surface area contributed by atoms with E-state index in [1.807, 2.05) is 73.7 Å². The Kier molecular flexibility index (Phi) is 5.59. The zero-order valence-electron chi connectivity index (χ0n) is 18.8. The second kappa shape index (κ2) is 8.86. The molecule has 7 nitrogen and oxygen atoms in total. The molecule has 7 heteroatoms. The highest BCUT2D eigenvalue weighted by Gasteiger charge is 2.43. The number of benzene rings is 3. The van der Waals surface area contributed by atoms with Gasteiger partial charge in [-0.1, -0.05) is 42.5 Å². The molecule has 0 radical (unpaired) electrons. The van der Waals surface area contributed by atoms with Crippen LogP contribution in [0.4, 0.5) is 5.69 Å². The number of fused-ring (bicyclic) bond motifs is 1. The number of aromatic nitrogens is 2. The maximum Gasteiger partial charge on any atom is 0.337 e. The Morgan fingerprint density at radius 3 is 2.35 bits per heavy atom. The van der Waals surface area contributed by atoms with E-state index in [0.29, 0.717) is 17.9 Å². The minimum absolute atomic E-state index is 0.170. The van der Waals surface area contributed by atoms with Crippen molar-refractivity contribution in [1.82, 2.24) is 10.2 Å². The van der Waals surface area contributed by atoms with Crippen LogP contribution in [0.2, 0.25) is 0 Å². The smallest absolute Gasteiger partial charge is 0.337 e. The Morgan fingerprint density at radius 1 is 1.00 bits per heavy atom. The number of amides is 1. The van der Waals surface area contributed by atoms with Crippen LogP contribution in [-0.2, 0) is 4.74 Å². The van der Waals surface area contributed by atoms with E-state index in [9.17, 15) is 9.59 Å². The third-order valence-electron chi connectivity index (χ3n) is 5.89. The Labute approximate surface area is 196 Å². The summed E-state index contributed by atoms with van der Waals surface area (Å²) in [5.41, 5.74) is 4.92. The molecule has 0 spiro atoms. The minimum atomic E-state index is -0.430. The standard InChI is InChI=1S/C27H23N3O4/c1-3-34-21-15-13-20(14-16-21)30-25(18-9-11-19(12-10-18)27(32)33-2)22-23(17-7-5-4-6-8-17)28-29-24(22)26(30)31/h4-16,25H,3H2,1-2H3,(H,28,29)/t25-/m0/s1. The summed E-state index contributed by atoms with van der Waals surface area (Å²) in [6.07, 6.45) is 0. The number of esters is 1. The fourth-order valence-electron chi connectivity index (χ4n) is 4.33. The predicted octanol–water partition coefficient (Wildman–Crippen LogP) is 5.01. The van der Waals surface area contributed by atoms with Gasteiger partial charge in [0.1, 0.15) is 11.4 Å². The highest BCUT2D eigenvalue weighted by molar-refractivity contribution is 6.11. The maximum absolute atomic E-state index is 13.6. The Bertz CT molecular complexity index is 1330. The fraction of sp³-hybridized carbons (Fsp3) is 0.148. The third kappa shape index (κ3) is 3.61. The molecule has 4 aromatic rings.